The monoisotopic (exact) mass is 252 g/mol. The van der Waals surface area contributed by atoms with Gasteiger partial charge in [0.1, 0.15) is 5.82 Å². The molecule has 1 heterocycles. The van der Waals surface area contributed by atoms with E-state index in [0.29, 0.717) is 13.1 Å². The lowest BCUT2D eigenvalue weighted by Crippen LogP contribution is -2.48. The topological polar surface area (TPSA) is 55.6 Å². The Morgan fingerprint density at radius 3 is 2.61 bits per heavy atom. The maximum Gasteiger partial charge on any atom is 0.256 e. The largest absolute Gasteiger partial charge is 0.396 e. The highest BCUT2D eigenvalue weighted by molar-refractivity contribution is 5.99. The second-order valence-corrected chi connectivity index (χ2v) is 4.67. The molecule has 2 N–H and O–H groups in total. The molecule has 0 aromatic heterocycles. The maximum absolute atomic E-state index is 13.3. The number of rotatable bonds is 1. The zero-order chi connectivity index (χ0) is 13.3. The zero-order valence-corrected chi connectivity index (χ0v) is 10.5. The molecule has 5 heteroatoms. The minimum atomic E-state index is -0.560. The molecule has 98 valence electrons. The van der Waals surface area contributed by atoms with Crippen molar-refractivity contribution in [3.8, 4) is 0 Å². The van der Waals surface area contributed by atoms with Crippen LogP contribution < -0.4 is 5.73 Å². The van der Waals surface area contributed by atoms with Gasteiger partial charge < -0.3 is 15.4 Å². The van der Waals surface area contributed by atoms with E-state index in [1.54, 1.807) is 11.0 Å². The third kappa shape index (κ3) is 2.46. The van der Waals surface area contributed by atoms with Gasteiger partial charge in [0.2, 0.25) is 0 Å². The number of para-hydroxylation sites is 1. The van der Waals surface area contributed by atoms with E-state index >= 15 is 0 Å². The fourth-order valence-corrected chi connectivity index (χ4v) is 2.24. The van der Waals surface area contributed by atoms with Crippen molar-refractivity contribution < 1.29 is 13.9 Å². The van der Waals surface area contributed by atoms with Gasteiger partial charge in [-0.25, -0.2) is 4.39 Å². The van der Waals surface area contributed by atoms with E-state index in [-0.39, 0.29) is 29.4 Å². The first kappa shape index (κ1) is 12.8. The van der Waals surface area contributed by atoms with Crippen molar-refractivity contribution in [2.75, 3.05) is 18.8 Å². The molecular formula is C13H17FN2O2. The van der Waals surface area contributed by atoms with Crippen LogP contribution in [0, 0.1) is 5.82 Å². The van der Waals surface area contributed by atoms with Crippen molar-refractivity contribution in [1.82, 2.24) is 4.90 Å². The molecule has 1 aromatic carbocycles. The maximum atomic E-state index is 13.3. The first-order valence-corrected chi connectivity index (χ1v) is 5.97. The van der Waals surface area contributed by atoms with Gasteiger partial charge in [0.05, 0.1) is 23.5 Å². The molecule has 0 aliphatic carbocycles. The number of benzene rings is 1. The number of hydrogen-bond acceptors (Lipinski definition) is 3. The van der Waals surface area contributed by atoms with Gasteiger partial charge in [-0.1, -0.05) is 6.07 Å². The third-order valence-electron chi connectivity index (χ3n) is 2.99. The SMILES string of the molecule is C[C@@H]1CN(C(=O)c2cccc(F)c2N)C[C@H](C)O1. The fraction of sp³-hybridized carbons (Fsp3) is 0.462. The van der Waals surface area contributed by atoms with Crippen LogP contribution in [-0.2, 0) is 4.74 Å². The first-order valence-electron chi connectivity index (χ1n) is 5.97. The molecule has 2 atom stereocenters. The van der Waals surface area contributed by atoms with Gasteiger partial charge in [0.25, 0.3) is 5.91 Å². The number of hydrogen-bond donors (Lipinski definition) is 1. The van der Waals surface area contributed by atoms with Crippen LogP contribution in [0.1, 0.15) is 24.2 Å². The summed E-state index contributed by atoms with van der Waals surface area (Å²) >= 11 is 0. The smallest absolute Gasteiger partial charge is 0.256 e. The van der Waals surface area contributed by atoms with Crippen molar-refractivity contribution >= 4 is 11.6 Å². The van der Waals surface area contributed by atoms with E-state index in [1.165, 1.54) is 12.1 Å². The average molecular weight is 252 g/mol. The van der Waals surface area contributed by atoms with Crippen LogP contribution in [0.15, 0.2) is 18.2 Å². The highest BCUT2D eigenvalue weighted by atomic mass is 19.1. The molecular weight excluding hydrogens is 235 g/mol. The fourth-order valence-electron chi connectivity index (χ4n) is 2.24. The molecule has 18 heavy (non-hydrogen) atoms. The Balaban J connectivity index is 2.23. The quantitative estimate of drug-likeness (QED) is 0.773. The third-order valence-corrected chi connectivity index (χ3v) is 2.99. The summed E-state index contributed by atoms with van der Waals surface area (Å²) in [7, 11) is 0. The second-order valence-electron chi connectivity index (χ2n) is 4.67. The van der Waals surface area contributed by atoms with E-state index in [0.717, 1.165) is 0 Å². The van der Waals surface area contributed by atoms with Gasteiger partial charge in [0, 0.05) is 13.1 Å². The Kier molecular flexibility index (Phi) is 3.52. The molecule has 1 aliphatic rings. The van der Waals surface area contributed by atoms with Gasteiger partial charge in [-0.05, 0) is 26.0 Å². The molecule has 1 aromatic rings. The molecule has 0 spiro atoms. The minimum Gasteiger partial charge on any atom is -0.396 e. The summed E-state index contributed by atoms with van der Waals surface area (Å²) in [5.74, 6) is -0.802. The Morgan fingerprint density at radius 2 is 2.00 bits per heavy atom. The molecule has 0 radical (unpaired) electrons. The number of morpholine rings is 1. The Labute approximate surface area is 106 Å². The Hall–Kier alpha value is -1.62. The lowest BCUT2D eigenvalue weighted by Gasteiger charge is -2.35. The molecule has 2 rings (SSSR count). The van der Waals surface area contributed by atoms with E-state index in [9.17, 15) is 9.18 Å². The van der Waals surface area contributed by atoms with Crippen molar-refractivity contribution in [3.63, 3.8) is 0 Å². The van der Waals surface area contributed by atoms with Gasteiger partial charge in [-0.3, -0.25) is 4.79 Å². The number of nitrogens with zero attached hydrogens (tertiary/aromatic N) is 1. The predicted octanol–water partition coefficient (Wildman–Crippen LogP) is 1.66. The first-order chi connectivity index (χ1) is 8.49. The lowest BCUT2D eigenvalue weighted by atomic mass is 10.1. The second kappa shape index (κ2) is 4.94. The number of ether oxygens (including phenoxy) is 1. The lowest BCUT2D eigenvalue weighted by molar-refractivity contribution is -0.0586. The number of halogens is 1. The average Bonchev–Trinajstić information content (AvgIpc) is 2.30. The molecule has 1 amide bonds. The molecule has 0 bridgehead atoms. The van der Waals surface area contributed by atoms with Gasteiger partial charge in [-0.15, -0.1) is 0 Å². The van der Waals surface area contributed by atoms with Crippen molar-refractivity contribution in [2.45, 2.75) is 26.1 Å². The summed E-state index contributed by atoms with van der Waals surface area (Å²) in [4.78, 5) is 13.9. The Bertz CT molecular complexity index is 454. The van der Waals surface area contributed by atoms with E-state index in [2.05, 4.69) is 0 Å². The summed E-state index contributed by atoms with van der Waals surface area (Å²) in [6.45, 7) is 4.81. The number of carbonyl (C=O) groups excluding carboxylic acids is 1. The number of nitrogens with two attached hydrogens (primary N) is 1. The normalized spacial score (nSPS) is 24.1. The van der Waals surface area contributed by atoms with Gasteiger partial charge in [0.15, 0.2) is 0 Å². The van der Waals surface area contributed by atoms with Crippen LogP contribution >= 0.6 is 0 Å². The highest BCUT2D eigenvalue weighted by Gasteiger charge is 2.27. The molecule has 0 saturated carbocycles. The van der Waals surface area contributed by atoms with Crippen LogP contribution in [0.3, 0.4) is 0 Å². The van der Waals surface area contributed by atoms with Crippen molar-refractivity contribution in [1.29, 1.82) is 0 Å². The number of nitrogen functional groups attached to an aromatic ring is 1. The van der Waals surface area contributed by atoms with E-state index in [4.69, 9.17) is 10.5 Å². The Morgan fingerprint density at radius 1 is 1.39 bits per heavy atom. The van der Waals surface area contributed by atoms with Crippen molar-refractivity contribution in [2.24, 2.45) is 0 Å². The molecule has 1 fully saturated rings. The summed E-state index contributed by atoms with van der Waals surface area (Å²) in [6, 6.07) is 4.29. The van der Waals surface area contributed by atoms with E-state index in [1.807, 2.05) is 13.8 Å². The predicted molar refractivity (Wildman–Crippen MR) is 66.7 cm³/mol. The summed E-state index contributed by atoms with van der Waals surface area (Å²) in [5.41, 5.74) is 5.74. The van der Waals surface area contributed by atoms with E-state index < -0.39 is 5.82 Å². The highest BCUT2D eigenvalue weighted by Crippen LogP contribution is 2.20. The summed E-state index contributed by atoms with van der Waals surface area (Å²) in [5, 5.41) is 0. The number of carbonyl (C=O) groups is 1. The summed E-state index contributed by atoms with van der Waals surface area (Å²) in [6.07, 6.45) is -0.0417. The zero-order valence-electron chi connectivity index (χ0n) is 10.5. The van der Waals surface area contributed by atoms with Gasteiger partial charge in [-0.2, -0.15) is 0 Å². The van der Waals surface area contributed by atoms with Gasteiger partial charge >= 0.3 is 0 Å². The summed E-state index contributed by atoms with van der Waals surface area (Å²) < 4.78 is 18.9. The van der Waals surface area contributed by atoms with Crippen molar-refractivity contribution in [3.05, 3.63) is 29.6 Å². The molecule has 0 unspecified atom stereocenters. The molecule has 4 nitrogen and oxygen atoms in total. The van der Waals surface area contributed by atoms with Crippen LogP contribution in [0.4, 0.5) is 10.1 Å². The number of amides is 1. The standard InChI is InChI=1S/C13H17FN2O2/c1-8-6-16(7-9(2)18-8)13(17)10-4-3-5-11(14)12(10)15/h3-5,8-9H,6-7,15H2,1-2H3/t8-,9+. The molecule has 1 saturated heterocycles. The van der Waals surface area contributed by atoms with Crippen LogP contribution in [-0.4, -0.2) is 36.1 Å². The van der Waals surface area contributed by atoms with Crippen LogP contribution in [0.25, 0.3) is 0 Å². The minimum absolute atomic E-state index is 0.0208. The van der Waals surface area contributed by atoms with Crippen LogP contribution in [0.5, 0.6) is 0 Å². The number of anilines is 1. The van der Waals surface area contributed by atoms with Crippen LogP contribution in [0.2, 0.25) is 0 Å². The molecule has 1 aliphatic heterocycles.